The first-order valence-electron chi connectivity index (χ1n) is 13.2. The van der Waals surface area contributed by atoms with Crippen LogP contribution in [0.5, 0.6) is 0 Å². The minimum Gasteiger partial charge on any atom is -0.360 e. The minimum absolute atomic E-state index is 0.0231. The van der Waals surface area contributed by atoms with E-state index in [1.165, 1.54) is 26.7 Å². The lowest BCUT2D eigenvalue weighted by atomic mass is 10.2. The number of hydrogen-bond donors (Lipinski definition) is 1. The Hall–Kier alpha value is -3.00. The largest absolute Gasteiger partial charge is 0.360 e. The molecule has 0 aliphatic carbocycles. The average Bonchev–Trinajstić information content (AvgIpc) is 3.42. The van der Waals surface area contributed by atoms with E-state index in [1.807, 2.05) is 12.1 Å². The first kappa shape index (κ1) is 27.6. The molecule has 0 unspecified atom stereocenters. The number of hydrogen-bond acceptors (Lipinski definition) is 5. The third-order valence-corrected chi connectivity index (χ3v) is 9.34. The maximum absolute atomic E-state index is 13.2. The molecule has 1 amide bonds. The van der Waals surface area contributed by atoms with Crippen LogP contribution >= 0.6 is 34.7 Å². The lowest BCUT2D eigenvalue weighted by Gasteiger charge is -2.28. The van der Waals surface area contributed by atoms with Crippen molar-refractivity contribution < 1.29 is 9.36 Å². The number of fused-ring (bicyclic) bond motifs is 2. The SMILES string of the molecule is CCN1/C(=C/c2sc3ccc(Cl)cc3[n+]2CNC(=O)CN(c2ccc(C)cc2)C(C)C)Sc2ccc(C)cc21. The molecular weight excluding hydrogens is 544 g/mol. The second-order valence-electron chi connectivity index (χ2n) is 10.1. The van der Waals surface area contributed by atoms with E-state index < -0.39 is 0 Å². The van der Waals surface area contributed by atoms with Gasteiger partial charge in [0, 0.05) is 34.3 Å². The van der Waals surface area contributed by atoms with Gasteiger partial charge in [-0.05, 0) is 76.6 Å². The van der Waals surface area contributed by atoms with Gasteiger partial charge in [0.1, 0.15) is 4.70 Å². The summed E-state index contributed by atoms with van der Waals surface area (Å²) >= 11 is 9.90. The number of carbonyl (C=O) groups excluding carboxylic acids is 1. The summed E-state index contributed by atoms with van der Waals surface area (Å²) in [5.41, 5.74) is 5.77. The molecule has 202 valence electrons. The molecule has 0 bridgehead atoms. The summed E-state index contributed by atoms with van der Waals surface area (Å²) in [5, 5.41) is 6.10. The van der Waals surface area contributed by atoms with Crippen LogP contribution in [0.1, 0.15) is 36.9 Å². The summed E-state index contributed by atoms with van der Waals surface area (Å²) in [6, 6.07) is 21.1. The zero-order valence-corrected chi connectivity index (χ0v) is 25.4. The molecule has 8 heteroatoms. The van der Waals surface area contributed by atoms with Crippen molar-refractivity contribution in [3.8, 4) is 0 Å². The maximum atomic E-state index is 13.2. The molecule has 0 atom stereocenters. The Morgan fingerprint density at radius 1 is 1.08 bits per heavy atom. The van der Waals surface area contributed by atoms with Gasteiger partial charge in [0.15, 0.2) is 0 Å². The van der Waals surface area contributed by atoms with Gasteiger partial charge >= 0.3 is 0 Å². The summed E-state index contributed by atoms with van der Waals surface area (Å²) < 4.78 is 3.29. The highest BCUT2D eigenvalue weighted by atomic mass is 35.5. The van der Waals surface area contributed by atoms with E-state index in [2.05, 4.69) is 109 Å². The number of amides is 1. The topological polar surface area (TPSA) is 39.5 Å². The van der Waals surface area contributed by atoms with Crippen molar-refractivity contribution in [1.29, 1.82) is 0 Å². The van der Waals surface area contributed by atoms with Gasteiger partial charge in [0.25, 0.3) is 5.01 Å². The molecule has 2 heterocycles. The van der Waals surface area contributed by atoms with Crippen molar-refractivity contribution in [2.75, 3.05) is 22.9 Å². The summed E-state index contributed by atoms with van der Waals surface area (Å²) in [5.74, 6) is -0.0231. The summed E-state index contributed by atoms with van der Waals surface area (Å²) in [7, 11) is 0. The van der Waals surface area contributed by atoms with Crippen LogP contribution in [0.15, 0.2) is 70.6 Å². The van der Waals surface area contributed by atoms with Crippen LogP contribution in [0.2, 0.25) is 5.02 Å². The normalized spacial score (nSPS) is 13.9. The number of nitrogens with one attached hydrogen (secondary N) is 1. The number of thiazole rings is 1. The molecule has 1 aliphatic heterocycles. The first-order valence-corrected chi connectivity index (χ1v) is 15.2. The van der Waals surface area contributed by atoms with E-state index in [4.69, 9.17) is 11.6 Å². The van der Waals surface area contributed by atoms with Gasteiger partial charge in [-0.25, -0.2) is 0 Å². The van der Waals surface area contributed by atoms with E-state index in [0.717, 1.165) is 27.5 Å². The zero-order valence-electron chi connectivity index (χ0n) is 23.0. The number of aromatic nitrogens is 1. The van der Waals surface area contributed by atoms with Gasteiger partial charge in [-0.1, -0.05) is 58.5 Å². The maximum Gasteiger partial charge on any atom is 0.267 e. The first-order chi connectivity index (χ1) is 18.7. The van der Waals surface area contributed by atoms with Crippen molar-refractivity contribution in [2.45, 2.75) is 52.2 Å². The number of thioether (sulfide) groups is 1. The van der Waals surface area contributed by atoms with E-state index >= 15 is 0 Å². The molecule has 1 aromatic heterocycles. The standard InChI is InChI=1S/C31H33ClN4OS2/c1-6-34-25-15-22(5)9-13-27(25)38-30(34)17-31-36(26-16-23(32)10-14-28(26)39-31)19-33-29(37)18-35(20(2)3)24-11-7-21(4)8-12-24/h7-17,20H,6,18-19H2,1-5H3/p+1. The van der Waals surface area contributed by atoms with Gasteiger partial charge in [-0.15, -0.1) is 0 Å². The highest BCUT2D eigenvalue weighted by Gasteiger charge is 2.28. The van der Waals surface area contributed by atoms with Crippen LogP contribution in [0.25, 0.3) is 16.3 Å². The fourth-order valence-electron chi connectivity index (χ4n) is 4.78. The lowest BCUT2D eigenvalue weighted by molar-refractivity contribution is -0.672. The van der Waals surface area contributed by atoms with Crippen molar-refractivity contribution in [2.24, 2.45) is 0 Å². The van der Waals surface area contributed by atoms with Crippen LogP contribution in [-0.4, -0.2) is 25.0 Å². The molecule has 0 radical (unpaired) electrons. The molecule has 0 spiro atoms. The van der Waals surface area contributed by atoms with Crippen molar-refractivity contribution in [3.63, 3.8) is 0 Å². The molecule has 0 fully saturated rings. The van der Waals surface area contributed by atoms with E-state index in [9.17, 15) is 4.79 Å². The summed E-state index contributed by atoms with van der Waals surface area (Å²) in [6.45, 7) is 12.1. The van der Waals surface area contributed by atoms with E-state index in [0.29, 0.717) is 11.7 Å². The number of benzene rings is 3. The Morgan fingerprint density at radius 3 is 2.54 bits per heavy atom. The Labute approximate surface area is 244 Å². The zero-order chi connectivity index (χ0) is 27.7. The number of nitrogens with zero attached hydrogens (tertiary/aromatic N) is 3. The van der Waals surface area contributed by atoms with Gasteiger partial charge in [0.05, 0.1) is 23.3 Å². The molecule has 0 saturated heterocycles. The average molecular weight is 578 g/mol. The van der Waals surface area contributed by atoms with Crippen molar-refractivity contribution in [1.82, 2.24) is 5.32 Å². The lowest BCUT2D eigenvalue weighted by Crippen LogP contribution is -2.48. The smallest absolute Gasteiger partial charge is 0.267 e. The van der Waals surface area contributed by atoms with Crippen LogP contribution in [0, 0.1) is 13.8 Å². The van der Waals surface area contributed by atoms with Crippen molar-refractivity contribution >= 4 is 68.3 Å². The quantitative estimate of drug-likeness (QED) is 0.222. The third kappa shape index (κ3) is 5.96. The molecular formula is C31H34ClN4OS2+. The number of aryl methyl sites for hydroxylation is 2. The van der Waals surface area contributed by atoms with Crippen molar-refractivity contribution in [3.05, 3.63) is 86.8 Å². The Bertz CT molecular complexity index is 1540. The number of halogens is 1. The minimum atomic E-state index is -0.0231. The van der Waals surface area contributed by atoms with Gasteiger partial charge in [0.2, 0.25) is 18.1 Å². The number of carbonyl (C=O) groups is 1. The van der Waals surface area contributed by atoms with E-state index in [-0.39, 0.29) is 18.5 Å². The van der Waals surface area contributed by atoms with E-state index in [1.54, 1.807) is 23.1 Å². The van der Waals surface area contributed by atoms with Crippen LogP contribution in [-0.2, 0) is 11.5 Å². The number of rotatable bonds is 8. The second kappa shape index (κ2) is 11.6. The highest BCUT2D eigenvalue weighted by molar-refractivity contribution is 8.03. The molecule has 5 rings (SSSR count). The van der Waals surface area contributed by atoms with Crippen LogP contribution < -0.4 is 19.7 Å². The number of anilines is 2. The molecule has 0 saturated carbocycles. The molecule has 5 nitrogen and oxygen atoms in total. The molecule has 39 heavy (non-hydrogen) atoms. The summed E-state index contributed by atoms with van der Waals surface area (Å²) in [4.78, 5) is 19.0. The molecule has 1 aliphatic rings. The van der Waals surface area contributed by atoms with Gasteiger partial charge < -0.3 is 9.80 Å². The fraction of sp³-hybridized carbons (Fsp3) is 0.290. The Morgan fingerprint density at radius 2 is 1.82 bits per heavy atom. The molecule has 3 aromatic carbocycles. The highest BCUT2D eigenvalue weighted by Crippen LogP contribution is 2.47. The Kier molecular flexibility index (Phi) is 8.21. The predicted octanol–water partition coefficient (Wildman–Crippen LogP) is 7.38. The van der Waals surface area contributed by atoms with Gasteiger partial charge in [-0.3, -0.25) is 10.1 Å². The molecule has 4 aromatic rings. The third-order valence-electron chi connectivity index (χ3n) is 6.88. The van der Waals surface area contributed by atoms with Gasteiger partial charge in [-0.2, -0.15) is 4.57 Å². The van der Waals surface area contributed by atoms with Crippen LogP contribution in [0.4, 0.5) is 11.4 Å². The Balaban J connectivity index is 1.42. The predicted molar refractivity (Wildman–Crippen MR) is 167 cm³/mol. The molecule has 1 N–H and O–H groups in total. The second-order valence-corrected chi connectivity index (χ2v) is 12.7. The fourth-order valence-corrected chi connectivity index (χ4v) is 7.24. The summed E-state index contributed by atoms with van der Waals surface area (Å²) in [6.07, 6.45) is 2.24. The van der Waals surface area contributed by atoms with Crippen LogP contribution in [0.3, 0.4) is 0 Å². The monoisotopic (exact) mass is 577 g/mol.